The summed E-state index contributed by atoms with van der Waals surface area (Å²) in [6.07, 6.45) is 0. The molecule has 110 heavy (non-hydrogen) atoms. The Morgan fingerprint density at radius 3 is 1.23 bits per heavy atom. The van der Waals surface area contributed by atoms with Gasteiger partial charge in [-0.1, -0.05) is 292 Å². The van der Waals surface area contributed by atoms with Gasteiger partial charge in [0.15, 0.2) is 0 Å². The normalized spacial score (nSPS) is 15.0. The van der Waals surface area contributed by atoms with Gasteiger partial charge in [0.1, 0.15) is 0 Å². The van der Waals surface area contributed by atoms with Gasteiger partial charge in [-0.2, -0.15) is 0 Å². The van der Waals surface area contributed by atoms with Gasteiger partial charge in [0.2, 0.25) is 0 Å². The third kappa shape index (κ3) is 11.1. The zero-order valence-corrected chi connectivity index (χ0v) is 65.5. The van der Waals surface area contributed by atoms with Crippen LogP contribution in [0.5, 0.6) is 0 Å². The molecule has 17 aromatic rings. The summed E-state index contributed by atoms with van der Waals surface area (Å²) < 4.78 is 82.7. The number of para-hydroxylation sites is 5. The molecule has 0 saturated carbocycles. The van der Waals surface area contributed by atoms with Crippen LogP contribution < -0.4 is 9.80 Å². The average molecular weight is 1430 g/mol. The molecule has 540 valence electrons. The van der Waals surface area contributed by atoms with Gasteiger partial charge in [-0.25, -0.2) is 0 Å². The first-order valence-electron chi connectivity index (χ1n) is 42.8. The van der Waals surface area contributed by atoms with Gasteiger partial charge in [-0.15, -0.1) is 0 Å². The zero-order chi connectivity index (χ0) is 82.8. The summed E-state index contributed by atoms with van der Waals surface area (Å²) in [5.41, 5.74) is 26.7. The summed E-state index contributed by atoms with van der Waals surface area (Å²) in [6, 6.07) is 88.5. The maximum Gasteiger partial charge on any atom is 0.0783 e. The molecule has 0 saturated heterocycles. The zero-order valence-electron chi connectivity index (χ0n) is 73.5. The molecule has 0 aliphatic carbocycles. The van der Waals surface area contributed by atoms with E-state index in [1.165, 1.54) is 33.0 Å². The Hall–Kier alpha value is -11.9. The van der Waals surface area contributed by atoms with Crippen LogP contribution in [0, 0.1) is 0 Å². The van der Waals surface area contributed by atoms with E-state index in [1.54, 1.807) is 4.57 Å². The maximum atomic E-state index is 9.92. The van der Waals surface area contributed by atoms with Crippen LogP contribution in [0.3, 0.4) is 0 Å². The standard InChI is InChI=1S/C105H95N5/c1-101(2,3)71-46-51-89-85(60-71)86-61-72(102(4,5)6)47-52-90(86)109(89)91-43-29-39-81-82-40-30-44-92(100(82)108(99(81)91)76-35-23-18-24-36-76)110-94-64-77(106-87-41-27-25-37-79(87)80-38-26-28-42-88(80)106)48-50-84(94)97-83-49-45-67(70-54-73(103(7,8)9)59-74(55-70)104(10,11)12)58-93(83)107(95-62-75(105(13,14)15)63-96(110)98(95)97)78-56-68(65-31-19-16-20-32-65)53-69(57-78)66-33-21-17-22-34-66/h16-64,97H,1-15H3/i25D,26D,27D,28D,37D,38D,41D,42D. The molecule has 2 aliphatic rings. The lowest BCUT2D eigenvalue weighted by Crippen LogP contribution is -2.30. The van der Waals surface area contributed by atoms with E-state index in [4.69, 9.17) is 2.74 Å². The summed E-state index contributed by atoms with van der Waals surface area (Å²) in [7, 11) is 0. The SMILES string of the molecule is [2H]c1c([2H])c([2H])c2c(c1[2H])c1c([2H])c([2H])c([2H])c([2H])c1n2-c1ccc2c(c1)N(c1cccc3c4cccc(-n5c6ccc(C(C)(C)C)cc6c6cc(C(C)(C)C)ccc65)c4n(-c4ccccc4)c13)c1cc(C(C)(C)C)cc3c1C2c1ccc(-c2cc(C(C)(C)C)cc(C(C)(C)C)c2)cc1N3c1cc(-c2ccccc2)cc(-c2ccccc2)c1. The minimum Gasteiger partial charge on any atom is -0.310 e. The number of nitrogens with zero attached hydrogens (tertiary/aromatic N) is 5. The van der Waals surface area contributed by atoms with Crippen LogP contribution in [0.1, 0.15) is 165 Å². The van der Waals surface area contributed by atoms with E-state index < -0.39 is 47.6 Å². The molecule has 1 unspecified atom stereocenters. The first kappa shape index (κ1) is 60.0. The first-order chi connectivity index (χ1) is 56.0. The fraction of sp³-hybridized carbons (Fsp3) is 0.200. The van der Waals surface area contributed by atoms with E-state index in [9.17, 15) is 8.22 Å². The highest BCUT2D eigenvalue weighted by molar-refractivity contribution is 6.19. The van der Waals surface area contributed by atoms with Gasteiger partial charge < -0.3 is 23.5 Å². The van der Waals surface area contributed by atoms with Crippen molar-refractivity contribution in [3.63, 3.8) is 0 Å². The van der Waals surface area contributed by atoms with Gasteiger partial charge in [-0.05, 0) is 209 Å². The lowest BCUT2D eigenvalue weighted by Gasteiger charge is -2.46. The Morgan fingerprint density at radius 2 is 0.700 bits per heavy atom. The smallest absolute Gasteiger partial charge is 0.0783 e. The van der Waals surface area contributed by atoms with E-state index in [-0.39, 0.29) is 55.6 Å². The number of rotatable bonds is 8. The van der Waals surface area contributed by atoms with Crippen LogP contribution in [0.15, 0.2) is 297 Å². The Morgan fingerprint density at radius 1 is 0.245 bits per heavy atom. The predicted molar refractivity (Wildman–Crippen MR) is 470 cm³/mol. The predicted octanol–water partition coefficient (Wildman–Crippen LogP) is 29.2. The maximum absolute atomic E-state index is 9.92. The van der Waals surface area contributed by atoms with Crippen LogP contribution in [-0.2, 0) is 27.1 Å². The molecule has 5 nitrogen and oxygen atoms in total. The van der Waals surface area contributed by atoms with Crippen LogP contribution >= 0.6 is 0 Å². The van der Waals surface area contributed by atoms with E-state index >= 15 is 0 Å². The Labute approximate surface area is 659 Å². The second kappa shape index (κ2) is 24.8. The van der Waals surface area contributed by atoms with Crippen molar-refractivity contribution in [2.45, 2.75) is 137 Å². The highest BCUT2D eigenvalue weighted by Crippen LogP contribution is 2.63. The molecule has 19 rings (SSSR count). The van der Waals surface area contributed by atoms with Gasteiger partial charge in [0.25, 0.3) is 0 Å². The second-order valence-corrected chi connectivity index (χ2v) is 35.7. The van der Waals surface area contributed by atoms with E-state index in [2.05, 4.69) is 365 Å². The largest absolute Gasteiger partial charge is 0.310 e. The third-order valence-corrected chi connectivity index (χ3v) is 23.4. The monoisotopic (exact) mass is 1430 g/mol. The molecule has 5 heterocycles. The molecule has 14 aromatic carbocycles. The van der Waals surface area contributed by atoms with Gasteiger partial charge in [0.05, 0.1) is 78.2 Å². The lowest BCUT2D eigenvalue weighted by atomic mass is 9.73. The third-order valence-electron chi connectivity index (χ3n) is 23.4. The quantitative estimate of drug-likeness (QED) is 0.151. The molecule has 5 heteroatoms. The number of fused-ring (bicyclic) bond motifs is 13. The van der Waals surface area contributed by atoms with Crippen LogP contribution in [0.2, 0.25) is 0 Å². The Kier molecular flexibility index (Phi) is 13.5. The minimum atomic E-state index is -0.497. The van der Waals surface area contributed by atoms with Crippen LogP contribution in [0.25, 0.3) is 116 Å². The van der Waals surface area contributed by atoms with Crippen molar-refractivity contribution in [3.05, 3.63) is 342 Å². The van der Waals surface area contributed by atoms with Gasteiger partial charge >= 0.3 is 0 Å². The number of benzene rings is 14. The van der Waals surface area contributed by atoms with Crippen molar-refractivity contribution in [2.24, 2.45) is 0 Å². The molecule has 0 spiro atoms. The van der Waals surface area contributed by atoms with Gasteiger partial charge in [-0.3, -0.25) is 0 Å². The summed E-state index contributed by atoms with van der Waals surface area (Å²) >= 11 is 0. The summed E-state index contributed by atoms with van der Waals surface area (Å²) in [6.45, 7) is 34.3. The topological polar surface area (TPSA) is 21.3 Å². The highest BCUT2D eigenvalue weighted by Gasteiger charge is 2.44. The Balaban J connectivity index is 0.982. The number of hydrogen-bond acceptors (Lipinski definition) is 2. The van der Waals surface area contributed by atoms with Crippen molar-refractivity contribution in [1.29, 1.82) is 0 Å². The molecule has 2 aliphatic heterocycles. The van der Waals surface area contributed by atoms with Crippen molar-refractivity contribution in [2.75, 3.05) is 9.80 Å². The van der Waals surface area contributed by atoms with Crippen LogP contribution in [0.4, 0.5) is 34.1 Å². The second-order valence-electron chi connectivity index (χ2n) is 35.7. The fourth-order valence-corrected chi connectivity index (χ4v) is 17.4. The number of hydrogen-bond donors (Lipinski definition) is 0. The summed E-state index contributed by atoms with van der Waals surface area (Å²) in [5, 5.41) is 4.44. The average Bonchev–Trinajstić information content (AvgIpc) is 0.996. The molecule has 0 N–H and O–H groups in total. The molecule has 0 amide bonds. The van der Waals surface area contributed by atoms with E-state index in [0.29, 0.717) is 5.69 Å². The molecular formula is C105H95N5. The molecule has 1 atom stereocenters. The Bertz CT molecular complexity index is 6870. The van der Waals surface area contributed by atoms with E-state index in [1.807, 2.05) is 6.07 Å². The number of anilines is 6. The number of aromatic nitrogens is 3. The molecule has 3 aromatic heterocycles. The fourth-order valence-electron chi connectivity index (χ4n) is 17.4. The minimum absolute atomic E-state index is 0.0133. The van der Waals surface area contributed by atoms with Crippen LogP contribution in [-0.4, -0.2) is 13.7 Å². The molecule has 0 fully saturated rings. The summed E-state index contributed by atoms with van der Waals surface area (Å²) in [5.74, 6) is -0.469. The van der Waals surface area contributed by atoms with Gasteiger partial charge in [0, 0.05) is 60.9 Å². The molecule has 0 radical (unpaired) electrons. The lowest BCUT2D eigenvalue weighted by molar-refractivity contribution is 0.569. The first-order valence-corrected chi connectivity index (χ1v) is 38.8. The summed E-state index contributed by atoms with van der Waals surface area (Å²) in [4.78, 5) is 5.00. The van der Waals surface area contributed by atoms with Crippen molar-refractivity contribution in [1.82, 2.24) is 13.7 Å². The van der Waals surface area contributed by atoms with Crippen molar-refractivity contribution >= 4 is 99.5 Å². The highest BCUT2D eigenvalue weighted by atomic mass is 15.2. The van der Waals surface area contributed by atoms with E-state index in [0.717, 1.165) is 134 Å². The molecule has 0 bridgehead atoms. The van der Waals surface area contributed by atoms with Crippen molar-refractivity contribution < 1.29 is 11.0 Å². The van der Waals surface area contributed by atoms with Crippen molar-refractivity contribution in [3.8, 4) is 50.4 Å². The molecular weight excluding hydrogens is 1330 g/mol.